The summed E-state index contributed by atoms with van der Waals surface area (Å²) in [5.74, 6) is 0. The van der Waals surface area contributed by atoms with Gasteiger partial charge in [0.15, 0.2) is 0 Å². The van der Waals surface area contributed by atoms with E-state index in [1.807, 2.05) is 0 Å². The van der Waals surface area contributed by atoms with Crippen molar-refractivity contribution < 1.29 is 18.3 Å². The molecule has 1 heteroatoms. The Bertz CT molecular complexity index is 228. The van der Waals surface area contributed by atoms with Crippen LogP contribution in [0.2, 0.25) is 4.01 Å². The van der Waals surface area contributed by atoms with E-state index >= 15 is 0 Å². The Morgan fingerprint density at radius 2 is 1.18 bits per heavy atom. The van der Waals surface area contributed by atoms with Crippen molar-refractivity contribution in [1.29, 1.82) is 0 Å². The van der Waals surface area contributed by atoms with E-state index in [9.17, 15) is 0 Å². The minimum absolute atomic E-state index is 0.244. The van der Waals surface area contributed by atoms with Crippen molar-refractivity contribution in [3.05, 3.63) is 22.3 Å². The Kier molecular flexibility index (Phi) is 2.14. The van der Waals surface area contributed by atoms with E-state index in [1.54, 1.807) is 0 Å². The predicted molar refractivity (Wildman–Crippen MR) is 45.1 cm³/mol. The Morgan fingerprint density at radius 1 is 0.909 bits per heavy atom. The summed E-state index contributed by atoms with van der Waals surface area (Å²) in [5, 5.41) is 0. The zero-order valence-corrected chi connectivity index (χ0v) is 9.59. The molecule has 63 valence electrons. The third-order valence-electron chi connectivity index (χ3n) is 3.08. The molecule has 0 aromatic carbocycles. The summed E-state index contributed by atoms with van der Waals surface area (Å²) in [7, 11) is 0. The van der Waals surface area contributed by atoms with Crippen molar-refractivity contribution in [1.82, 2.24) is 0 Å². The summed E-state index contributed by atoms with van der Waals surface area (Å²) < 4.78 is 0.244. The summed E-state index contributed by atoms with van der Waals surface area (Å²) in [5.41, 5.74) is 5.96. The molecule has 0 amide bonds. The molecular formula is C10H15Ru. The van der Waals surface area contributed by atoms with Crippen molar-refractivity contribution in [2.75, 3.05) is 0 Å². The van der Waals surface area contributed by atoms with E-state index in [0.717, 1.165) is 0 Å². The molecule has 1 aliphatic rings. The molecule has 0 fully saturated rings. The van der Waals surface area contributed by atoms with Crippen LogP contribution < -0.4 is 0 Å². The fraction of sp³-hybridized carbons (Fsp3) is 0.600. The number of allylic oxidation sites excluding steroid dienone is 4. The van der Waals surface area contributed by atoms with Gasteiger partial charge in [0, 0.05) is 0 Å². The van der Waals surface area contributed by atoms with Gasteiger partial charge in [0.05, 0.1) is 0 Å². The van der Waals surface area contributed by atoms with Gasteiger partial charge in [-0.1, -0.05) is 0 Å². The van der Waals surface area contributed by atoms with Gasteiger partial charge in [-0.05, 0) is 0 Å². The normalized spacial score (nSPS) is 23.5. The quantitative estimate of drug-likeness (QED) is 0.565. The summed E-state index contributed by atoms with van der Waals surface area (Å²) in [6.07, 6.45) is 0. The van der Waals surface area contributed by atoms with Crippen LogP contribution in [0.1, 0.15) is 34.6 Å². The van der Waals surface area contributed by atoms with Crippen LogP contribution in [0.25, 0.3) is 0 Å². The van der Waals surface area contributed by atoms with Gasteiger partial charge >= 0.3 is 79.2 Å². The second-order valence-electron chi connectivity index (χ2n) is 3.48. The molecule has 0 aliphatic heterocycles. The average molecular weight is 236 g/mol. The Labute approximate surface area is 79.4 Å². The molecule has 0 bridgehead atoms. The molecule has 1 rings (SSSR count). The fourth-order valence-corrected chi connectivity index (χ4v) is 2.19. The van der Waals surface area contributed by atoms with Crippen molar-refractivity contribution >= 4 is 0 Å². The minimum atomic E-state index is 0.244. The standard InChI is InChI=1S/C10H15.Ru/c1-6-7(2)9(4)10(5)8(6)3;/h1-5H3;. The summed E-state index contributed by atoms with van der Waals surface area (Å²) in [6.45, 7) is 11.2. The van der Waals surface area contributed by atoms with Crippen molar-refractivity contribution in [3.8, 4) is 0 Å². The van der Waals surface area contributed by atoms with Gasteiger partial charge < -0.3 is 0 Å². The van der Waals surface area contributed by atoms with Crippen molar-refractivity contribution in [2.45, 2.75) is 38.6 Å². The Hall–Kier alpha value is 0.103. The molecule has 0 spiro atoms. The number of rotatable bonds is 0. The van der Waals surface area contributed by atoms with Gasteiger partial charge in [-0.15, -0.1) is 0 Å². The van der Waals surface area contributed by atoms with Crippen molar-refractivity contribution in [2.24, 2.45) is 0 Å². The van der Waals surface area contributed by atoms with Crippen LogP contribution in [0.15, 0.2) is 22.3 Å². The zero-order valence-electron chi connectivity index (χ0n) is 7.85. The molecule has 11 heavy (non-hydrogen) atoms. The fourth-order valence-electron chi connectivity index (χ4n) is 1.54. The molecule has 0 unspecified atom stereocenters. The number of hydrogen-bond donors (Lipinski definition) is 0. The first-order valence-electron chi connectivity index (χ1n) is 3.93. The van der Waals surface area contributed by atoms with E-state index in [4.69, 9.17) is 0 Å². The molecular weight excluding hydrogens is 221 g/mol. The van der Waals surface area contributed by atoms with Crippen LogP contribution in [-0.4, -0.2) is 0 Å². The van der Waals surface area contributed by atoms with Crippen LogP contribution in [0.4, 0.5) is 0 Å². The van der Waals surface area contributed by atoms with Crippen molar-refractivity contribution in [3.63, 3.8) is 0 Å². The molecule has 0 saturated carbocycles. The van der Waals surface area contributed by atoms with E-state index in [0.29, 0.717) is 0 Å². The molecule has 0 nitrogen and oxygen atoms in total. The summed E-state index contributed by atoms with van der Waals surface area (Å²) in [4.78, 5) is 0. The van der Waals surface area contributed by atoms with E-state index in [2.05, 4.69) is 52.9 Å². The molecule has 0 aromatic heterocycles. The third kappa shape index (κ3) is 1.14. The van der Waals surface area contributed by atoms with Gasteiger partial charge in [-0.3, -0.25) is 0 Å². The number of hydrogen-bond acceptors (Lipinski definition) is 0. The van der Waals surface area contributed by atoms with Crippen LogP contribution in [0.3, 0.4) is 0 Å². The first kappa shape index (κ1) is 9.19. The molecule has 0 heterocycles. The predicted octanol–water partition coefficient (Wildman–Crippen LogP) is 3.40. The molecule has 0 radical (unpaired) electrons. The summed E-state index contributed by atoms with van der Waals surface area (Å²) >= 11 is 2.84. The van der Waals surface area contributed by atoms with Gasteiger partial charge in [0.2, 0.25) is 0 Å². The Morgan fingerprint density at radius 3 is 1.27 bits per heavy atom. The summed E-state index contributed by atoms with van der Waals surface area (Å²) in [6, 6.07) is 0. The molecule has 0 N–H and O–H groups in total. The molecule has 1 aliphatic carbocycles. The Balaban J connectivity index is 3.27. The first-order chi connectivity index (χ1) is 4.89. The zero-order chi connectivity index (χ0) is 8.81. The van der Waals surface area contributed by atoms with Crippen LogP contribution in [0, 0.1) is 0 Å². The van der Waals surface area contributed by atoms with Gasteiger partial charge in [-0.25, -0.2) is 0 Å². The first-order valence-corrected chi connectivity index (χ1v) is 4.80. The monoisotopic (exact) mass is 237 g/mol. The molecule has 0 aromatic rings. The topological polar surface area (TPSA) is 0 Å². The maximum atomic E-state index is 2.84. The SMILES string of the molecule is CC1=C(C)[C](C)([Ru])C(C)=C1C. The van der Waals surface area contributed by atoms with Crippen LogP contribution in [0.5, 0.6) is 0 Å². The molecule has 0 atom stereocenters. The van der Waals surface area contributed by atoms with Gasteiger partial charge in [-0.2, -0.15) is 0 Å². The van der Waals surface area contributed by atoms with E-state index in [-0.39, 0.29) is 4.01 Å². The van der Waals surface area contributed by atoms with Gasteiger partial charge in [0.25, 0.3) is 0 Å². The maximum absolute atomic E-state index is 2.84. The second kappa shape index (κ2) is 2.55. The van der Waals surface area contributed by atoms with Crippen LogP contribution >= 0.6 is 0 Å². The van der Waals surface area contributed by atoms with E-state index < -0.39 is 0 Å². The third-order valence-corrected chi connectivity index (χ3v) is 4.38. The van der Waals surface area contributed by atoms with E-state index in [1.165, 1.54) is 22.3 Å². The average Bonchev–Trinajstić information content (AvgIpc) is 2.06. The molecule has 0 saturated heterocycles. The van der Waals surface area contributed by atoms with Gasteiger partial charge in [0.1, 0.15) is 0 Å². The van der Waals surface area contributed by atoms with Crippen LogP contribution in [-0.2, 0) is 18.3 Å². The second-order valence-corrected chi connectivity index (χ2v) is 5.22.